The number of rotatable bonds is 8. The molecule has 0 radical (unpaired) electrons. The molecule has 0 atom stereocenters. The van der Waals surface area contributed by atoms with Crippen molar-refractivity contribution in [2.75, 3.05) is 13.1 Å². The number of hydrogen-bond donors (Lipinski definition) is 2. The van der Waals surface area contributed by atoms with Crippen LogP contribution in [-0.4, -0.2) is 21.5 Å². The SMILES string of the molecule is CCNCc1cc(S(=O)(=O)NCCC(C)C)cc(F)c1Cl. The van der Waals surface area contributed by atoms with Crippen molar-refractivity contribution in [3.63, 3.8) is 0 Å². The summed E-state index contributed by atoms with van der Waals surface area (Å²) in [5.41, 5.74) is 0.433. The molecule has 7 heteroatoms. The first-order chi connectivity index (χ1) is 9.77. The van der Waals surface area contributed by atoms with Gasteiger partial charge in [0, 0.05) is 13.1 Å². The van der Waals surface area contributed by atoms with Gasteiger partial charge in [-0.15, -0.1) is 0 Å². The van der Waals surface area contributed by atoms with Crippen LogP contribution in [0, 0.1) is 11.7 Å². The van der Waals surface area contributed by atoms with Gasteiger partial charge in [0.1, 0.15) is 5.82 Å². The smallest absolute Gasteiger partial charge is 0.240 e. The highest BCUT2D eigenvalue weighted by Gasteiger charge is 2.18. The summed E-state index contributed by atoms with van der Waals surface area (Å²) in [5, 5.41) is 2.96. The van der Waals surface area contributed by atoms with E-state index in [0.29, 0.717) is 31.1 Å². The van der Waals surface area contributed by atoms with Crippen molar-refractivity contribution in [2.24, 2.45) is 5.92 Å². The minimum atomic E-state index is -3.72. The molecule has 0 aliphatic heterocycles. The molecule has 4 nitrogen and oxygen atoms in total. The second-order valence-corrected chi connectivity index (χ2v) is 7.38. The van der Waals surface area contributed by atoms with Crippen molar-refractivity contribution in [1.82, 2.24) is 10.0 Å². The second-order valence-electron chi connectivity index (χ2n) is 5.24. The van der Waals surface area contributed by atoms with Gasteiger partial charge in [0.15, 0.2) is 0 Å². The van der Waals surface area contributed by atoms with Gasteiger partial charge in [-0.25, -0.2) is 17.5 Å². The monoisotopic (exact) mass is 336 g/mol. The topological polar surface area (TPSA) is 58.2 Å². The average Bonchev–Trinajstić information content (AvgIpc) is 2.39. The van der Waals surface area contributed by atoms with E-state index in [9.17, 15) is 12.8 Å². The Morgan fingerprint density at radius 1 is 1.33 bits per heavy atom. The van der Waals surface area contributed by atoms with Crippen LogP contribution in [0.3, 0.4) is 0 Å². The first-order valence-electron chi connectivity index (χ1n) is 6.96. The van der Waals surface area contributed by atoms with Crippen LogP contribution >= 0.6 is 11.6 Å². The van der Waals surface area contributed by atoms with Gasteiger partial charge in [-0.05, 0) is 36.6 Å². The van der Waals surface area contributed by atoms with E-state index in [1.165, 1.54) is 6.07 Å². The number of halogens is 2. The summed E-state index contributed by atoms with van der Waals surface area (Å²) < 4.78 is 40.6. The molecule has 1 aromatic rings. The van der Waals surface area contributed by atoms with Gasteiger partial charge in [-0.3, -0.25) is 0 Å². The first kappa shape index (κ1) is 18.4. The Kier molecular flexibility index (Phi) is 7.06. The lowest BCUT2D eigenvalue weighted by Crippen LogP contribution is -2.26. The summed E-state index contributed by atoms with van der Waals surface area (Å²) in [6, 6.07) is 2.36. The number of benzene rings is 1. The highest BCUT2D eigenvalue weighted by Crippen LogP contribution is 2.24. The third-order valence-electron chi connectivity index (χ3n) is 2.97. The molecular weight excluding hydrogens is 315 g/mol. The van der Waals surface area contributed by atoms with E-state index in [-0.39, 0.29) is 9.92 Å². The molecule has 120 valence electrons. The van der Waals surface area contributed by atoms with Crippen molar-refractivity contribution < 1.29 is 12.8 Å². The molecule has 0 fully saturated rings. The molecule has 0 amide bonds. The summed E-state index contributed by atoms with van der Waals surface area (Å²) in [6.07, 6.45) is 0.722. The number of hydrogen-bond acceptors (Lipinski definition) is 3. The van der Waals surface area contributed by atoms with Gasteiger partial charge in [-0.1, -0.05) is 32.4 Å². The van der Waals surface area contributed by atoms with Crippen molar-refractivity contribution in [1.29, 1.82) is 0 Å². The Bertz CT molecular complexity index is 577. The lowest BCUT2D eigenvalue weighted by molar-refractivity contribution is 0.549. The second kappa shape index (κ2) is 8.08. The van der Waals surface area contributed by atoms with E-state index in [2.05, 4.69) is 10.0 Å². The van der Waals surface area contributed by atoms with Crippen LogP contribution in [0.1, 0.15) is 32.8 Å². The van der Waals surface area contributed by atoms with Crippen molar-refractivity contribution in [2.45, 2.75) is 38.6 Å². The molecule has 21 heavy (non-hydrogen) atoms. The van der Waals surface area contributed by atoms with E-state index >= 15 is 0 Å². The highest BCUT2D eigenvalue weighted by atomic mass is 35.5. The van der Waals surface area contributed by atoms with Gasteiger partial charge < -0.3 is 5.32 Å². The Morgan fingerprint density at radius 3 is 2.57 bits per heavy atom. The largest absolute Gasteiger partial charge is 0.313 e. The van der Waals surface area contributed by atoms with Crippen LogP contribution in [0.2, 0.25) is 5.02 Å². The fourth-order valence-corrected chi connectivity index (χ4v) is 3.01. The number of nitrogens with one attached hydrogen (secondary N) is 2. The summed E-state index contributed by atoms with van der Waals surface area (Å²) >= 11 is 5.87. The molecule has 0 unspecified atom stereocenters. The molecule has 2 N–H and O–H groups in total. The molecule has 0 aliphatic rings. The molecule has 0 saturated carbocycles. The molecule has 0 saturated heterocycles. The standard InChI is InChI=1S/C14H22ClFN2O2S/c1-4-17-9-11-7-12(8-13(16)14(11)15)21(19,20)18-6-5-10(2)3/h7-8,10,17-18H,4-6,9H2,1-3H3. The molecule has 0 spiro atoms. The molecule has 0 aliphatic carbocycles. The van der Waals surface area contributed by atoms with E-state index in [1.54, 1.807) is 0 Å². The molecule has 1 aromatic carbocycles. The molecule has 0 heterocycles. The Hall–Kier alpha value is -0.690. The minimum absolute atomic E-state index is 0.0444. The maximum atomic E-state index is 13.8. The van der Waals surface area contributed by atoms with Gasteiger partial charge in [0.05, 0.1) is 9.92 Å². The first-order valence-corrected chi connectivity index (χ1v) is 8.82. The van der Waals surface area contributed by atoms with Gasteiger partial charge in [-0.2, -0.15) is 0 Å². The van der Waals surface area contributed by atoms with E-state index < -0.39 is 15.8 Å². The van der Waals surface area contributed by atoms with E-state index in [4.69, 9.17) is 11.6 Å². The van der Waals surface area contributed by atoms with Crippen molar-refractivity contribution >= 4 is 21.6 Å². The van der Waals surface area contributed by atoms with Crippen LogP contribution in [0.15, 0.2) is 17.0 Å². The molecule has 0 aromatic heterocycles. The minimum Gasteiger partial charge on any atom is -0.313 e. The van der Waals surface area contributed by atoms with Crippen LogP contribution in [0.4, 0.5) is 4.39 Å². The zero-order chi connectivity index (χ0) is 16.0. The Morgan fingerprint density at radius 2 is 2.00 bits per heavy atom. The quantitative estimate of drug-likeness (QED) is 0.767. The molecular formula is C14H22ClFN2O2S. The average molecular weight is 337 g/mol. The van der Waals surface area contributed by atoms with Crippen molar-refractivity contribution in [3.8, 4) is 0 Å². The van der Waals surface area contributed by atoms with Crippen LogP contribution < -0.4 is 10.0 Å². The van der Waals surface area contributed by atoms with Crippen LogP contribution in [-0.2, 0) is 16.6 Å². The summed E-state index contributed by atoms with van der Waals surface area (Å²) in [6.45, 7) is 7.24. The van der Waals surface area contributed by atoms with Crippen LogP contribution in [0.25, 0.3) is 0 Å². The summed E-state index contributed by atoms with van der Waals surface area (Å²) in [4.78, 5) is -0.0962. The van der Waals surface area contributed by atoms with Crippen molar-refractivity contribution in [3.05, 3.63) is 28.5 Å². The van der Waals surface area contributed by atoms with Gasteiger partial charge >= 0.3 is 0 Å². The highest BCUT2D eigenvalue weighted by molar-refractivity contribution is 7.89. The third kappa shape index (κ3) is 5.54. The number of sulfonamides is 1. The fraction of sp³-hybridized carbons (Fsp3) is 0.571. The summed E-state index contributed by atoms with van der Waals surface area (Å²) in [7, 11) is -3.72. The predicted octanol–water partition coefficient (Wildman–Crippen LogP) is 2.91. The lowest BCUT2D eigenvalue weighted by atomic mass is 10.1. The summed E-state index contributed by atoms with van der Waals surface area (Å²) in [5.74, 6) is -0.338. The Balaban J connectivity index is 2.98. The van der Waals surface area contributed by atoms with Gasteiger partial charge in [0.25, 0.3) is 0 Å². The normalized spacial score (nSPS) is 12.1. The maximum Gasteiger partial charge on any atom is 0.240 e. The van der Waals surface area contributed by atoms with E-state index in [0.717, 1.165) is 12.5 Å². The zero-order valence-electron chi connectivity index (χ0n) is 12.5. The third-order valence-corrected chi connectivity index (χ3v) is 4.83. The van der Waals surface area contributed by atoms with Crippen LogP contribution in [0.5, 0.6) is 0 Å². The zero-order valence-corrected chi connectivity index (χ0v) is 14.1. The molecule has 1 rings (SSSR count). The molecule has 0 bridgehead atoms. The van der Waals surface area contributed by atoms with Gasteiger partial charge in [0.2, 0.25) is 10.0 Å². The fourth-order valence-electron chi connectivity index (χ4n) is 1.73. The predicted molar refractivity (Wildman–Crippen MR) is 83.4 cm³/mol. The lowest BCUT2D eigenvalue weighted by Gasteiger charge is -2.12. The Labute approximate surface area is 131 Å². The maximum absolute atomic E-state index is 13.8. The van der Waals surface area contributed by atoms with E-state index in [1.807, 2.05) is 20.8 Å².